The highest BCUT2D eigenvalue weighted by molar-refractivity contribution is 6.23. The van der Waals surface area contributed by atoms with Gasteiger partial charge in [0.25, 0.3) is 11.8 Å². The van der Waals surface area contributed by atoms with Crippen LogP contribution >= 0.6 is 0 Å². The Balaban J connectivity index is 0.802. The van der Waals surface area contributed by atoms with E-state index in [4.69, 9.17) is 4.74 Å². The molecule has 0 spiro atoms. The van der Waals surface area contributed by atoms with E-state index in [0.717, 1.165) is 85.9 Å². The predicted octanol–water partition coefficient (Wildman–Crippen LogP) is 5.28. The van der Waals surface area contributed by atoms with E-state index in [0.29, 0.717) is 29.5 Å². The number of carbonyl (C=O) groups excluding carboxylic acids is 4. The van der Waals surface area contributed by atoms with Crippen LogP contribution in [0, 0.1) is 11.7 Å². The van der Waals surface area contributed by atoms with Crippen molar-refractivity contribution in [3.63, 3.8) is 0 Å². The van der Waals surface area contributed by atoms with Gasteiger partial charge in [-0.25, -0.2) is 4.39 Å². The van der Waals surface area contributed by atoms with E-state index >= 15 is 4.39 Å². The summed E-state index contributed by atoms with van der Waals surface area (Å²) in [5.41, 5.74) is 5.03. The first-order chi connectivity index (χ1) is 27.2. The van der Waals surface area contributed by atoms with Gasteiger partial charge in [0.1, 0.15) is 23.4 Å². The molecule has 0 bridgehead atoms. The van der Waals surface area contributed by atoms with Crippen molar-refractivity contribution in [3.8, 4) is 11.5 Å². The molecule has 4 aromatic rings. The molecule has 12 heteroatoms. The van der Waals surface area contributed by atoms with Crippen LogP contribution in [0.1, 0.15) is 74.9 Å². The van der Waals surface area contributed by atoms with Crippen molar-refractivity contribution in [2.45, 2.75) is 43.6 Å². The maximum atomic E-state index is 16.1. The van der Waals surface area contributed by atoms with Crippen molar-refractivity contribution in [1.29, 1.82) is 0 Å². The molecule has 288 valence electrons. The highest BCUT2D eigenvalue weighted by Crippen LogP contribution is 2.47. The quantitative estimate of drug-likeness (QED) is 0.243. The number of benzene rings is 4. The summed E-state index contributed by atoms with van der Waals surface area (Å²) in [6, 6.07) is 25.4. The second kappa shape index (κ2) is 14.7. The number of imide groups is 2. The van der Waals surface area contributed by atoms with Crippen LogP contribution in [-0.2, 0) is 9.59 Å². The van der Waals surface area contributed by atoms with Crippen LogP contribution in [0.15, 0.2) is 84.9 Å². The Kier molecular flexibility index (Phi) is 9.44. The monoisotopic (exact) mass is 757 g/mol. The molecule has 0 saturated carbocycles. The number of aromatic hydroxyl groups is 1. The Morgan fingerprint density at radius 3 is 2.27 bits per heavy atom. The van der Waals surface area contributed by atoms with Gasteiger partial charge in [-0.2, -0.15) is 0 Å². The summed E-state index contributed by atoms with van der Waals surface area (Å²) < 4.78 is 22.2. The molecular weight excluding hydrogens is 714 g/mol. The first kappa shape index (κ1) is 35.9. The van der Waals surface area contributed by atoms with Crippen LogP contribution in [0.2, 0.25) is 0 Å². The maximum Gasteiger partial charge on any atom is 0.262 e. The molecule has 5 aliphatic rings. The number of ether oxygens (including phenoxy) is 1. The highest BCUT2D eigenvalue weighted by Gasteiger charge is 2.45. The fourth-order valence-electron chi connectivity index (χ4n) is 9.34. The van der Waals surface area contributed by atoms with Crippen LogP contribution in [0.25, 0.3) is 0 Å². The number of anilines is 2. The lowest BCUT2D eigenvalue weighted by Crippen LogP contribution is -2.54. The molecule has 0 aliphatic carbocycles. The van der Waals surface area contributed by atoms with Crippen molar-refractivity contribution in [1.82, 2.24) is 15.1 Å². The molecule has 3 atom stereocenters. The van der Waals surface area contributed by atoms with Gasteiger partial charge in [0, 0.05) is 81.4 Å². The third-order valence-electron chi connectivity index (χ3n) is 12.3. The molecule has 11 nitrogen and oxygen atoms in total. The number of nitrogens with one attached hydrogen (secondary N) is 1. The summed E-state index contributed by atoms with van der Waals surface area (Å²) in [5, 5.41) is 12.4. The molecular formula is C44H44FN5O6. The smallest absolute Gasteiger partial charge is 0.262 e. The number of nitrogens with zero attached hydrogens (tertiary/aromatic N) is 4. The van der Waals surface area contributed by atoms with Gasteiger partial charge in [0.2, 0.25) is 11.8 Å². The largest absolute Gasteiger partial charge is 0.508 e. The first-order valence-electron chi connectivity index (χ1n) is 19.6. The number of carbonyl (C=O) groups is 4. The lowest BCUT2D eigenvalue weighted by atomic mass is 9.76. The SMILES string of the molecule is O=C1CCC(N2C(=O)c3ccc(N4CCN(CC5CCN(c6ccc([C@@H]7c8ccc(O)cc8OCC7c7ccccc7)cc6F)CC5)CC4)cc3C2=O)C(=O)N1. The first-order valence-corrected chi connectivity index (χ1v) is 19.6. The molecule has 9 rings (SSSR count). The number of phenolic OH excluding ortho intramolecular Hbond substituents is 1. The second-order valence-corrected chi connectivity index (χ2v) is 15.6. The molecule has 0 radical (unpaired) electrons. The number of hydrogen-bond donors (Lipinski definition) is 2. The minimum Gasteiger partial charge on any atom is -0.508 e. The number of hydrogen-bond acceptors (Lipinski definition) is 9. The van der Waals surface area contributed by atoms with Gasteiger partial charge in [0.05, 0.1) is 23.4 Å². The van der Waals surface area contributed by atoms with Crippen LogP contribution in [0.5, 0.6) is 11.5 Å². The van der Waals surface area contributed by atoms with Gasteiger partial charge >= 0.3 is 0 Å². The summed E-state index contributed by atoms with van der Waals surface area (Å²) in [5.74, 6) is -1.08. The van der Waals surface area contributed by atoms with Crippen molar-refractivity contribution in [2.75, 3.05) is 62.2 Å². The van der Waals surface area contributed by atoms with Gasteiger partial charge < -0.3 is 19.6 Å². The molecule has 2 unspecified atom stereocenters. The fourth-order valence-corrected chi connectivity index (χ4v) is 9.34. The zero-order valence-corrected chi connectivity index (χ0v) is 31.0. The lowest BCUT2D eigenvalue weighted by Gasteiger charge is -2.40. The van der Waals surface area contributed by atoms with E-state index in [9.17, 15) is 24.3 Å². The zero-order chi connectivity index (χ0) is 38.5. The average molecular weight is 758 g/mol. The zero-order valence-electron chi connectivity index (χ0n) is 31.0. The van der Waals surface area contributed by atoms with Crippen LogP contribution in [0.3, 0.4) is 0 Å². The third kappa shape index (κ3) is 6.65. The Morgan fingerprint density at radius 1 is 0.750 bits per heavy atom. The number of fused-ring (bicyclic) bond motifs is 2. The number of piperazine rings is 1. The van der Waals surface area contributed by atoms with Crippen molar-refractivity contribution in [3.05, 3.63) is 119 Å². The summed E-state index contributed by atoms with van der Waals surface area (Å²) in [6.07, 6.45) is 2.16. The highest BCUT2D eigenvalue weighted by atomic mass is 19.1. The Bertz CT molecular complexity index is 2200. The van der Waals surface area contributed by atoms with E-state index in [2.05, 4.69) is 38.2 Å². The van der Waals surface area contributed by atoms with Gasteiger partial charge in [-0.15, -0.1) is 0 Å². The minimum absolute atomic E-state index is 0.00259. The molecule has 0 aromatic heterocycles. The molecule has 4 amide bonds. The summed E-state index contributed by atoms with van der Waals surface area (Å²) >= 11 is 0. The molecule has 5 heterocycles. The number of amides is 4. The Hall–Kier alpha value is -5.75. The van der Waals surface area contributed by atoms with E-state index < -0.39 is 29.7 Å². The van der Waals surface area contributed by atoms with Gasteiger partial charge in [0.15, 0.2) is 0 Å². The normalized spacial score (nSPS) is 23.2. The van der Waals surface area contributed by atoms with E-state index in [1.54, 1.807) is 30.3 Å². The Morgan fingerprint density at radius 2 is 1.52 bits per heavy atom. The molecule has 4 aromatic carbocycles. The molecule has 2 N–H and O–H groups in total. The molecule has 56 heavy (non-hydrogen) atoms. The summed E-state index contributed by atoms with van der Waals surface area (Å²) in [7, 11) is 0. The summed E-state index contributed by atoms with van der Waals surface area (Å²) in [4.78, 5) is 58.4. The Labute approximate surface area is 324 Å². The number of piperidine rings is 2. The molecule has 3 fully saturated rings. The second-order valence-electron chi connectivity index (χ2n) is 15.6. The minimum atomic E-state index is -0.981. The number of halogens is 1. The van der Waals surface area contributed by atoms with Crippen LogP contribution < -0.4 is 19.9 Å². The van der Waals surface area contributed by atoms with E-state index in [-0.39, 0.29) is 41.8 Å². The van der Waals surface area contributed by atoms with E-state index in [1.165, 1.54) is 0 Å². The number of phenols is 1. The average Bonchev–Trinajstić information content (AvgIpc) is 3.46. The van der Waals surface area contributed by atoms with Crippen molar-refractivity contribution in [2.24, 2.45) is 5.92 Å². The maximum absolute atomic E-state index is 16.1. The summed E-state index contributed by atoms with van der Waals surface area (Å²) in [6.45, 7) is 6.25. The lowest BCUT2D eigenvalue weighted by molar-refractivity contribution is -0.136. The molecule has 5 aliphatic heterocycles. The van der Waals surface area contributed by atoms with Gasteiger partial charge in [-0.3, -0.25) is 34.3 Å². The number of rotatable bonds is 7. The third-order valence-corrected chi connectivity index (χ3v) is 12.3. The topological polar surface area (TPSA) is 123 Å². The van der Waals surface area contributed by atoms with Crippen molar-refractivity contribution >= 4 is 35.0 Å². The van der Waals surface area contributed by atoms with Crippen LogP contribution in [-0.4, -0.2) is 97.0 Å². The van der Waals surface area contributed by atoms with Gasteiger partial charge in [-0.05, 0) is 72.7 Å². The fraction of sp³-hybridized carbons (Fsp3) is 0.364. The molecule has 3 saturated heterocycles. The van der Waals surface area contributed by atoms with Gasteiger partial charge in [-0.1, -0.05) is 42.5 Å². The predicted molar refractivity (Wildman–Crippen MR) is 208 cm³/mol. The van der Waals surface area contributed by atoms with Crippen molar-refractivity contribution < 1.29 is 33.4 Å². The van der Waals surface area contributed by atoms with Crippen LogP contribution in [0.4, 0.5) is 15.8 Å². The standard InChI is InChI=1S/C44H44FN5O6/c45-36-22-29(41-33-10-8-31(51)24-39(33)56-26-35(41)28-4-2-1-3-5-28)6-11-37(36)49-16-14-27(15-17-49)25-47-18-20-48(21-19-47)30-7-9-32-34(23-30)44(55)50(43(32)54)38-12-13-40(52)46-42(38)53/h1-11,22-24,27,35,38,41,51H,12-21,25-26H2,(H,46,52,53)/t35?,38?,41-/m1/s1. The van der Waals surface area contributed by atoms with E-state index in [1.807, 2.05) is 36.4 Å².